The average Bonchev–Trinajstić information content (AvgIpc) is 2.73. The number of rotatable bonds is 7. The molecule has 1 aromatic carbocycles. The number of alkyl halides is 3. The lowest BCUT2D eigenvalue weighted by Gasteiger charge is -2.28. The summed E-state index contributed by atoms with van der Waals surface area (Å²) in [7, 11) is 0. The van der Waals surface area contributed by atoms with Gasteiger partial charge in [-0.25, -0.2) is 4.39 Å². The van der Waals surface area contributed by atoms with E-state index in [2.05, 4.69) is 23.8 Å². The lowest BCUT2D eigenvalue weighted by atomic mass is 9.78. The van der Waals surface area contributed by atoms with Crippen molar-refractivity contribution >= 4 is 0 Å². The van der Waals surface area contributed by atoms with Crippen molar-refractivity contribution in [1.29, 1.82) is 0 Å². The van der Waals surface area contributed by atoms with Gasteiger partial charge in [-0.15, -0.1) is 13.2 Å². The van der Waals surface area contributed by atoms with Gasteiger partial charge in [0.15, 0.2) is 11.6 Å². The molecule has 1 aromatic rings. The molecule has 0 unspecified atom stereocenters. The Labute approximate surface area is 177 Å². The standard InChI is InChI=1S/C25H34F4O/c1-2-18-7-9-19(10-8-18)5-3-4-6-20-11-13-21(14-12-20)22-15-16-24(23(26)17-22)30-25(27,28)29/h4,6,15-21H,2-3,5,7-14H2,1H3/b6-4+. The number of benzene rings is 1. The highest BCUT2D eigenvalue weighted by molar-refractivity contribution is 5.31. The Hall–Kier alpha value is -1.52. The second-order valence-electron chi connectivity index (χ2n) is 9.15. The third-order valence-corrected chi connectivity index (χ3v) is 7.12. The molecule has 2 fully saturated rings. The normalized spacial score (nSPS) is 28.0. The zero-order valence-electron chi connectivity index (χ0n) is 17.9. The highest BCUT2D eigenvalue weighted by Gasteiger charge is 2.32. The van der Waals surface area contributed by atoms with Gasteiger partial charge in [0.25, 0.3) is 0 Å². The first-order chi connectivity index (χ1) is 14.3. The quantitative estimate of drug-likeness (QED) is 0.313. The monoisotopic (exact) mass is 426 g/mol. The van der Waals surface area contributed by atoms with Gasteiger partial charge in [0.1, 0.15) is 0 Å². The van der Waals surface area contributed by atoms with E-state index in [0.717, 1.165) is 55.6 Å². The molecule has 0 radical (unpaired) electrons. The molecule has 2 saturated carbocycles. The zero-order valence-corrected chi connectivity index (χ0v) is 17.9. The predicted octanol–water partition coefficient (Wildman–Crippen LogP) is 8.55. The fourth-order valence-corrected chi connectivity index (χ4v) is 5.17. The lowest BCUT2D eigenvalue weighted by molar-refractivity contribution is -0.275. The van der Waals surface area contributed by atoms with Crippen LogP contribution >= 0.6 is 0 Å². The van der Waals surface area contributed by atoms with Gasteiger partial charge in [-0.3, -0.25) is 0 Å². The van der Waals surface area contributed by atoms with Gasteiger partial charge in [-0.1, -0.05) is 57.2 Å². The molecule has 30 heavy (non-hydrogen) atoms. The average molecular weight is 427 g/mol. The van der Waals surface area contributed by atoms with Gasteiger partial charge in [0, 0.05) is 0 Å². The Kier molecular flexibility index (Phi) is 8.24. The summed E-state index contributed by atoms with van der Waals surface area (Å²) in [5, 5.41) is 0. The van der Waals surface area contributed by atoms with E-state index in [-0.39, 0.29) is 5.92 Å². The molecule has 0 N–H and O–H groups in total. The molecule has 5 heteroatoms. The summed E-state index contributed by atoms with van der Waals surface area (Å²) in [5.41, 5.74) is 0.770. The topological polar surface area (TPSA) is 9.23 Å². The van der Waals surface area contributed by atoms with E-state index in [9.17, 15) is 17.6 Å². The molecule has 0 bridgehead atoms. The summed E-state index contributed by atoms with van der Waals surface area (Å²) in [6.07, 6.45) is 13.2. The van der Waals surface area contributed by atoms with Gasteiger partial charge >= 0.3 is 6.36 Å². The van der Waals surface area contributed by atoms with Crippen molar-refractivity contribution in [2.45, 2.75) is 89.8 Å². The van der Waals surface area contributed by atoms with E-state index in [0.29, 0.717) is 5.92 Å². The Morgan fingerprint density at radius 1 is 0.967 bits per heavy atom. The molecule has 0 aromatic heterocycles. The van der Waals surface area contributed by atoms with Crippen LogP contribution in [0.5, 0.6) is 5.75 Å². The smallest absolute Gasteiger partial charge is 0.403 e. The molecule has 0 heterocycles. The lowest BCUT2D eigenvalue weighted by Crippen LogP contribution is -2.18. The first-order valence-corrected chi connectivity index (χ1v) is 11.6. The van der Waals surface area contributed by atoms with Crippen molar-refractivity contribution < 1.29 is 22.3 Å². The summed E-state index contributed by atoms with van der Waals surface area (Å²) in [6.45, 7) is 2.30. The number of hydrogen-bond donors (Lipinski definition) is 0. The van der Waals surface area contributed by atoms with Crippen LogP contribution in [0.4, 0.5) is 17.6 Å². The molecule has 0 amide bonds. The number of halogens is 4. The molecule has 0 saturated heterocycles. The van der Waals surface area contributed by atoms with E-state index in [1.165, 1.54) is 44.6 Å². The first-order valence-electron chi connectivity index (χ1n) is 11.6. The fourth-order valence-electron chi connectivity index (χ4n) is 5.17. The molecule has 0 aliphatic heterocycles. The van der Waals surface area contributed by atoms with Crippen molar-refractivity contribution in [2.75, 3.05) is 0 Å². The number of ether oxygens (including phenoxy) is 1. The van der Waals surface area contributed by atoms with Crippen LogP contribution in [0.1, 0.15) is 89.0 Å². The van der Waals surface area contributed by atoms with E-state index in [1.807, 2.05) is 0 Å². The van der Waals surface area contributed by atoms with E-state index < -0.39 is 17.9 Å². The van der Waals surface area contributed by atoms with Crippen LogP contribution in [0.25, 0.3) is 0 Å². The zero-order chi connectivity index (χ0) is 21.6. The van der Waals surface area contributed by atoms with Gasteiger partial charge in [-0.2, -0.15) is 0 Å². The fraction of sp³-hybridized carbons (Fsp3) is 0.680. The molecule has 0 spiro atoms. The van der Waals surface area contributed by atoms with Gasteiger partial charge in [0.2, 0.25) is 0 Å². The molecular weight excluding hydrogens is 392 g/mol. The Balaban J connectivity index is 1.39. The van der Waals surface area contributed by atoms with Gasteiger partial charge < -0.3 is 4.74 Å². The Morgan fingerprint density at radius 2 is 1.63 bits per heavy atom. The van der Waals surface area contributed by atoms with Crippen molar-refractivity contribution in [3.63, 3.8) is 0 Å². The number of hydrogen-bond acceptors (Lipinski definition) is 1. The molecule has 1 nitrogen and oxygen atoms in total. The molecular formula is C25H34F4O. The van der Waals surface area contributed by atoms with Gasteiger partial charge in [0.05, 0.1) is 0 Å². The maximum Gasteiger partial charge on any atom is 0.573 e. The summed E-state index contributed by atoms with van der Waals surface area (Å²) in [4.78, 5) is 0. The maximum atomic E-state index is 14.0. The Bertz CT molecular complexity index is 681. The van der Waals surface area contributed by atoms with Crippen molar-refractivity contribution in [1.82, 2.24) is 0 Å². The number of allylic oxidation sites excluding steroid dienone is 2. The Morgan fingerprint density at radius 3 is 2.23 bits per heavy atom. The van der Waals surface area contributed by atoms with Crippen molar-refractivity contribution in [2.24, 2.45) is 17.8 Å². The predicted molar refractivity (Wildman–Crippen MR) is 112 cm³/mol. The van der Waals surface area contributed by atoms with Crippen LogP contribution in [0.3, 0.4) is 0 Å². The highest BCUT2D eigenvalue weighted by atomic mass is 19.4. The summed E-state index contributed by atoms with van der Waals surface area (Å²) in [5.74, 6) is 0.916. The molecule has 2 aliphatic rings. The minimum Gasteiger partial charge on any atom is -0.403 e. The minimum atomic E-state index is -4.87. The summed E-state index contributed by atoms with van der Waals surface area (Å²) >= 11 is 0. The second kappa shape index (κ2) is 10.7. The van der Waals surface area contributed by atoms with Crippen LogP contribution in [0.2, 0.25) is 0 Å². The van der Waals surface area contributed by atoms with Gasteiger partial charge in [-0.05, 0) is 79.9 Å². The summed E-state index contributed by atoms with van der Waals surface area (Å²) < 4.78 is 54.6. The van der Waals surface area contributed by atoms with Crippen LogP contribution in [-0.4, -0.2) is 6.36 Å². The minimum absolute atomic E-state index is 0.206. The second-order valence-corrected chi connectivity index (χ2v) is 9.15. The molecule has 3 rings (SSSR count). The SMILES string of the molecule is CCC1CCC(CC/C=C/C2CCC(c3ccc(OC(F)(F)F)c(F)c3)CC2)CC1. The van der Waals surface area contributed by atoms with Crippen molar-refractivity contribution in [3.05, 3.63) is 41.7 Å². The first kappa shape index (κ1) is 23.1. The highest BCUT2D eigenvalue weighted by Crippen LogP contribution is 2.38. The summed E-state index contributed by atoms with van der Waals surface area (Å²) in [6, 6.07) is 3.87. The van der Waals surface area contributed by atoms with E-state index in [4.69, 9.17) is 0 Å². The van der Waals surface area contributed by atoms with Crippen LogP contribution in [0.15, 0.2) is 30.4 Å². The molecule has 2 aliphatic carbocycles. The third kappa shape index (κ3) is 7.02. The van der Waals surface area contributed by atoms with E-state index in [1.54, 1.807) is 6.07 Å². The van der Waals surface area contributed by atoms with Crippen LogP contribution in [0, 0.1) is 23.6 Å². The van der Waals surface area contributed by atoms with Crippen LogP contribution < -0.4 is 4.74 Å². The third-order valence-electron chi connectivity index (χ3n) is 7.12. The largest absolute Gasteiger partial charge is 0.573 e. The van der Waals surface area contributed by atoms with E-state index >= 15 is 0 Å². The van der Waals surface area contributed by atoms with Crippen molar-refractivity contribution in [3.8, 4) is 5.75 Å². The maximum absolute atomic E-state index is 14.0. The molecule has 0 atom stereocenters. The molecule has 168 valence electrons. The van der Waals surface area contributed by atoms with Crippen LogP contribution in [-0.2, 0) is 0 Å².